The molecule has 2 unspecified atom stereocenters. The van der Waals surface area contributed by atoms with Gasteiger partial charge in [-0.15, -0.1) is 0 Å². The Morgan fingerprint density at radius 2 is 0.968 bits per heavy atom. The van der Waals surface area contributed by atoms with E-state index >= 15 is 0 Å². The van der Waals surface area contributed by atoms with E-state index in [-0.39, 0.29) is 36.2 Å². The number of hydrogen-bond donors (Lipinski definition) is 1. The summed E-state index contributed by atoms with van der Waals surface area (Å²) in [5.74, 6) is -1.53. The topological polar surface area (TPSA) is 99.1 Å². The second-order valence-electron chi connectivity index (χ2n) is 16.7. The maximum atomic E-state index is 12.8. The zero-order chi connectivity index (χ0) is 45.6. The number of unbranched alkanes of at least 4 members (excludes halogenated alkanes) is 13. The number of likely N-dealkylation sites (N-methyl/N-ethyl adjacent to an activating group) is 1. The average molecular weight is 863 g/mol. The second-order valence-corrected chi connectivity index (χ2v) is 16.7. The molecule has 0 bridgehead atoms. The van der Waals surface area contributed by atoms with Crippen molar-refractivity contribution in [2.45, 2.75) is 174 Å². The summed E-state index contributed by atoms with van der Waals surface area (Å²) in [6, 6.07) is -0.628. The molecule has 0 spiro atoms. The van der Waals surface area contributed by atoms with E-state index in [1.165, 1.54) is 25.7 Å². The second kappa shape index (κ2) is 43.6. The van der Waals surface area contributed by atoms with Crippen LogP contribution in [0.1, 0.15) is 162 Å². The summed E-state index contributed by atoms with van der Waals surface area (Å²) >= 11 is 0. The molecule has 0 fully saturated rings. The Kier molecular flexibility index (Phi) is 40.8. The molecule has 0 saturated heterocycles. The quantitative estimate of drug-likeness (QED) is 0.0215. The molecule has 8 heteroatoms. The molecule has 62 heavy (non-hydrogen) atoms. The molecule has 0 aromatic heterocycles. The Labute approximate surface area is 378 Å². The highest BCUT2D eigenvalue weighted by Crippen LogP contribution is 2.13. The van der Waals surface area contributed by atoms with Crippen molar-refractivity contribution in [2.75, 3.05) is 41.0 Å². The summed E-state index contributed by atoms with van der Waals surface area (Å²) < 4.78 is 17.3. The van der Waals surface area contributed by atoms with Crippen LogP contribution in [0.15, 0.2) is 109 Å². The average Bonchev–Trinajstić information content (AvgIpc) is 3.23. The van der Waals surface area contributed by atoms with E-state index in [2.05, 4.69) is 86.8 Å². The molecule has 0 aliphatic rings. The van der Waals surface area contributed by atoms with E-state index in [9.17, 15) is 19.5 Å². The third-order valence-corrected chi connectivity index (χ3v) is 10.0. The van der Waals surface area contributed by atoms with Gasteiger partial charge in [0.05, 0.1) is 34.4 Å². The highest BCUT2D eigenvalue weighted by Gasteiger charge is 2.31. The number of allylic oxidation sites excluding steroid dienone is 18. The fourth-order valence-electron chi connectivity index (χ4n) is 6.35. The minimum absolute atomic E-state index is 0.0404. The highest BCUT2D eigenvalue weighted by atomic mass is 16.6. The number of carbonyl (C=O) groups excluding carboxylic acids is 2. The van der Waals surface area contributed by atoms with Crippen molar-refractivity contribution in [1.29, 1.82) is 0 Å². The Hall–Kier alpha value is -4.01. The lowest BCUT2D eigenvalue weighted by Gasteiger charge is -2.31. The number of nitrogens with zero attached hydrogens (tertiary/aromatic N) is 1. The normalized spacial score (nSPS) is 13.9. The van der Waals surface area contributed by atoms with Crippen molar-refractivity contribution >= 4 is 17.9 Å². The van der Waals surface area contributed by atoms with Crippen molar-refractivity contribution in [1.82, 2.24) is 0 Å². The van der Waals surface area contributed by atoms with Crippen LogP contribution in [-0.4, -0.2) is 80.6 Å². The lowest BCUT2D eigenvalue weighted by Crippen LogP contribution is -2.50. The molecule has 0 heterocycles. The molecule has 0 aromatic rings. The summed E-state index contributed by atoms with van der Waals surface area (Å²) in [6.07, 6.45) is 59.8. The molecule has 2 atom stereocenters. The van der Waals surface area contributed by atoms with Gasteiger partial charge in [-0.2, -0.15) is 0 Å². The van der Waals surface area contributed by atoms with Crippen molar-refractivity contribution in [3.63, 3.8) is 0 Å². The molecule has 0 radical (unpaired) electrons. The number of quaternary nitrogens is 1. The summed E-state index contributed by atoms with van der Waals surface area (Å²) in [5, 5.41) is 9.64. The zero-order valence-corrected chi connectivity index (χ0v) is 39.8. The zero-order valence-electron chi connectivity index (χ0n) is 39.8. The van der Waals surface area contributed by atoms with E-state index in [0.717, 1.165) is 103 Å². The number of carboxylic acid groups (broad SMARTS) is 1. The first kappa shape index (κ1) is 58.0. The number of aliphatic carboxylic acids is 1. The number of carboxylic acids is 1. The molecule has 8 nitrogen and oxygen atoms in total. The third-order valence-electron chi connectivity index (χ3n) is 10.0. The van der Waals surface area contributed by atoms with Gasteiger partial charge >= 0.3 is 17.9 Å². The predicted octanol–water partition coefficient (Wildman–Crippen LogP) is 13.6. The number of carbonyl (C=O) groups is 3. The van der Waals surface area contributed by atoms with Crippen molar-refractivity contribution in [2.24, 2.45) is 0 Å². The van der Waals surface area contributed by atoms with Crippen molar-refractivity contribution in [3.05, 3.63) is 109 Å². The van der Waals surface area contributed by atoms with Gasteiger partial charge in [-0.3, -0.25) is 9.59 Å². The van der Waals surface area contributed by atoms with E-state index in [4.69, 9.17) is 14.2 Å². The van der Waals surface area contributed by atoms with E-state index in [1.807, 2.05) is 57.6 Å². The Morgan fingerprint density at radius 3 is 1.48 bits per heavy atom. The van der Waals surface area contributed by atoms with Crippen LogP contribution in [0, 0.1) is 0 Å². The van der Waals surface area contributed by atoms with Crippen LogP contribution in [0.25, 0.3) is 0 Å². The molecule has 0 amide bonds. The van der Waals surface area contributed by atoms with E-state index < -0.39 is 18.1 Å². The van der Waals surface area contributed by atoms with Gasteiger partial charge in [0, 0.05) is 19.3 Å². The molecule has 0 saturated carbocycles. The van der Waals surface area contributed by atoms with Gasteiger partial charge in [0.15, 0.2) is 12.1 Å². The fourth-order valence-corrected chi connectivity index (χ4v) is 6.35. The van der Waals surface area contributed by atoms with Crippen LogP contribution in [0.2, 0.25) is 0 Å². The Morgan fingerprint density at radius 1 is 0.516 bits per heavy atom. The van der Waals surface area contributed by atoms with E-state index in [0.29, 0.717) is 19.3 Å². The molecular weight excluding hydrogens is 775 g/mol. The van der Waals surface area contributed by atoms with Crippen LogP contribution < -0.4 is 0 Å². The summed E-state index contributed by atoms with van der Waals surface area (Å²) in [6.45, 7) is 4.48. The molecule has 1 N–H and O–H groups in total. The molecule has 0 aliphatic carbocycles. The van der Waals surface area contributed by atoms with Crippen molar-refractivity contribution < 1.29 is 38.2 Å². The Bertz CT molecular complexity index is 1370. The minimum atomic E-state index is -0.886. The maximum Gasteiger partial charge on any atom is 0.362 e. The number of esters is 2. The molecule has 0 aromatic carbocycles. The summed E-state index contributed by atoms with van der Waals surface area (Å²) in [4.78, 5) is 37.1. The van der Waals surface area contributed by atoms with E-state index in [1.54, 1.807) is 0 Å². The smallest absolute Gasteiger partial charge is 0.362 e. The van der Waals surface area contributed by atoms with Gasteiger partial charge in [-0.05, 0) is 70.6 Å². The first-order valence-corrected chi connectivity index (χ1v) is 24.0. The highest BCUT2D eigenvalue weighted by molar-refractivity contribution is 5.72. The summed E-state index contributed by atoms with van der Waals surface area (Å²) in [7, 11) is 5.51. The first-order valence-electron chi connectivity index (χ1n) is 24.0. The standard InChI is InChI=1S/C54H87NO7/c1-6-8-10-12-14-16-18-20-22-24-26-27-29-31-33-35-37-39-41-43-45-53(57)62-50(48-60-47-46-51(54(58)59)55(3,4)5)49-61-52(56)44-42-40-38-36-34-32-30-28-25-23-21-19-17-15-13-11-9-7-2/h8,10-11,13-17,19-23,25-28,30,50-51H,6-7,9,12,18,24,29,31-49H2,1-5H3/p+1/b10-8+,13-11+,16-14+,17-15+,21-19+,22-20+,25-23+,27-26+,30-28+. The SMILES string of the molecule is CC/C=C/C/C=C/C/C=C/C/C=C/CCCCCCCCCC(=O)OC(COCCC(C(=O)O)[N+](C)(C)C)COC(=O)CCCCCCC/C=C/C=C/C=C/C=C/C=C/CCC. The van der Waals surface area contributed by atoms with Gasteiger partial charge in [0.1, 0.15) is 6.61 Å². The van der Waals surface area contributed by atoms with Crippen molar-refractivity contribution in [3.8, 4) is 0 Å². The van der Waals surface area contributed by atoms with Crippen LogP contribution in [0.3, 0.4) is 0 Å². The minimum Gasteiger partial charge on any atom is -0.477 e. The molecular formula is C54H88NO7+. The first-order chi connectivity index (χ1) is 30.1. The van der Waals surface area contributed by atoms with Crippen LogP contribution in [0.5, 0.6) is 0 Å². The monoisotopic (exact) mass is 863 g/mol. The lowest BCUT2D eigenvalue weighted by molar-refractivity contribution is -0.887. The lowest BCUT2D eigenvalue weighted by atomic mass is 10.1. The van der Waals surface area contributed by atoms with Gasteiger partial charge in [0.25, 0.3) is 0 Å². The summed E-state index contributed by atoms with van der Waals surface area (Å²) in [5.41, 5.74) is 0. The van der Waals surface area contributed by atoms with Gasteiger partial charge in [0.2, 0.25) is 0 Å². The van der Waals surface area contributed by atoms with Gasteiger partial charge in [-0.25, -0.2) is 4.79 Å². The Balaban J connectivity index is 4.40. The largest absolute Gasteiger partial charge is 0.477 e. The number of hydrogen-bond acceptors (Lipinski definition) is 6. The molecule has 0 rings (SSSR count). The third kappa shape index (κ3) is 41.3. The fraction of sp³-hybridized carbons (Fsp3) is 0.611. The van der Waals surface area contributed by atoms with Crippen LogP contribution >= 0.6 is 0 Å². The van der Waals surface area contributed by atoms with Crippen LogP contribution in [0.4, 0.5) is 0 Å². The van der Waals surface area contributed by atoms with Gasteiger partial charge in [-0.1, -0.05) is 181 Å². The number of rotatable bonds is 41. The number of ether oxygens (including phenoxy) is 3. The molecule has 0 aliphatic heterocycles. The van der Waals surface area contributed by atoms with Gasteiger partial charge < -0.3 is 23.8 Å². The van der Waals surface area contributed by atoms with Crippen LogP contribution in [-0.2, 0) is 28.6 Å². The molecule has 350 valence electrons. The maximum absolute atomic E-state index is 12.8. The predicted molar refractivity (Wildman–Crippen MR) is 261 cm³/mol.